The van der Waals surface area contributed by atoms with Gasteiger partial charge in [0.15, 0.2) is 0 Å². The lowest BCUT2D eigenvalue weighted by Crippen LogP contribution is -2.22. The van der Waals surface area contributed by atoms with E-state index in [1.54, 1.807) is 0 Å². The lowest BCUT2D eigenvalue weighted by Gasteiger charge is -2.17. The van der Waals surface area contributed by atoms with Gasteiger partial charge in [0.25, 0.3) is 0 Å². The van der Waals surface area contributed by atoms with Gasteiger partial charge in [0, 0.05) is 15.4 Å². The minimum absolute atomic E-state index is 0.245. The summed E-state index contributed by atoms with van der Waals surface area (Å²) < 4.78 is 1.30. The second-order valence-electron chi connectivity index (χ2n) is 5.39. The average molecular weight is 330 g/mol. The first-order chi connectivity index (χ1) is 7.21. The molecule has 1 aromatic rings. The number of carbonyl (C=O) groups excluding carboxylic acids is 1. The summed E-state index contributed by atoms with van der Waals surface area (Å²) >= 11 is 2.35. The summed E-state index contributed by atoms with van der Waals surface area (Å²) in [5.74, 6) is 0.299. The van der Waals surface area contributed by atoms with E-state index in [9.17, 15) is 4.79 Å². The Bertz CT molecular complexity index is 390. The molecule has 0 saturated heterocycles. The Morgan fingerprint density at radius 2 is 1.62 bits per heavy atom. The molecule has 88 valence electrons. The Hall–Kier alpha value is -0.380. The molecule has 0 N–H and O–H groups in total. The number of carbonyl (C=O) groups is 1. The molecule has 0 aliphatic rings. The van der Waals surface area contributed by atoms with Crippen molar-refractivity contribution >= 4 is 28.4 Å². The summed E-state index contributed by atoms with van der Waals surface area (Å²) in [5.41, 5.74) is 3.41. The number of aryl methyl sites for hydroxylation is 2. The summed E-state index contributed by atoms with van der Waals surface area (Å²) in [6, 6.07) is 4.25. The van der Waals surface area contributed by atoms with Crippen LogP contribution >= 0.6 is 22.6 Å². The first kappa shape index (κ1) is 13.7. The smallest absolute Gasteiger partial charge is 0.142 e. The first-order valence-electron chi connectivity index (χ1n) is 5.50. The standard InChI is InChI=1S/C14H19IO/c1-9-6-11(7-10(2)13(9)15)8-12(16)14(3,4)5/h6-7H,8H2,1-5H3. The van der Waals surface area contributed by atoms with Gasteiger partial charge < -0.3 is 0 Å². The van der Waals surface area contributed by atoms with E-state index in [4.69, 9.17) is 0 Å². The van der Waals surface area contributed by atoms with Gasteiger partial charge in [-0.1, -0.05) is 32.9 Å². The van der Waals surface area contributed by atoms with Crippen LogP contribution < -0.4 is 0 Å². The number of rotatable bonds is 2. The highest BCUT2D eigenvalue weighted by atomic mass is 127. The van der Waals surface area contributed by atoms with E-state index < -0.39 is 0 Å². The van der Waals surface area contributed by atoms with Crippen LogP contribution in [0, 0.1) is 22.8 Å². The van der Waals surface area contributed by atoms with Crippen molar-refractivity contribution in [2.75, 3.05) is 0 Å². The molecule has 16 heavy (non-hydrogen) atoms. The van der Waals surface area contributed by atoms with Crippen LogP contribution in [0.15, 0.2) is 12.1 Å². The van der Waals surface area contributed by atoms with Crippen LogP contribution in [0.5, 0.6) is 0 Å². The normalized spacial score (nSPS) is 11.6. The second kappa shape index (κ2) is 4.86. The Morgan fingerprint density at radius 1 is 1.19 bits per heavy atom. The van der Waals surface area contributed by atoms with Crippen molar-refractivity contribution < 1.29 is 4.79 Å². The molecule has 0 unspecified atom stereocenters. The molecule has 1 rings (SSSR count). The maximum Gasteiger partial charge on any atom is 0.142 e. The van der Waals surface area contributed by atoms with E-state index in [1.807, 2.05) is 20.8 Å². The van der Waals surface area contributed by atoms with E-state index >= 15 is 0 Å². The van der Waals surface area contributed by atoms with Gasteiger partial charge in [0.2, 0.25) is 0 Å². The largest absolute Gasteiger partial charge is 0.299 e. The van der Waals surface area contributed by atoms with Crippen LogP contribution in [0.25, 0.3) is 0 Å². The predicted octanol–water partition coefficient (Wildman–Crippen LogP) is 4.07. The molecule has 0 aliphatic carbocycles. The molecule has 0 aliphatic heterocycles. The SMILES string of the molecule is Cc1cc(CC(=O)C(C)(C)C)cc(C)c1I. The average Bonchev–Trinajstić information content (AvgIpc) is 2.12. The van der Waals surface area contributed by atoms with Crippen LogP contribution in [-0.2, 0) is 11.2 Å². The zero-order valence-electron chi connectivity index (χ0n) is 10.6. The molecule has 0 radical (unpaired) electrons. The molecular weight excluding hydrogens is 311 g/mol. The lowest BCUT2D eigenvalue weighted by molar-refractivity contribution is -0.125. The van der Waals surface area contributed by atoms with Crippen molar-refractivity contribution in [1.29, 1.82) is 0 Å². The molecule has 0 bridgehead atoms. The van der Waals surface area contributed by atoms with E-state index in [0.717, 1.165) is 5.56 Å². The summed E-state index contributed by atoms with van der Waals surface area (Å²) in [5, 5.41) is 0. The number of halogens is 1. The van der Waals surface area contributed by atoms with Gasteiger partial charge in [-0.25, -0.2) is 0 Å². The number of ketones is 1. The monoisotopic (exact) mass is 330 g/mol. The Labute approximate surface area is 112 Å². The van der Waals surface area contributed by atoms with E-state index in [-0.39, 0.29) is 5.41 Å². The lowest BCUT2D eigenvalue weighted by atomic mass is 9.86. The molecule has 0 fully saturated rings. The fraction of sp³-hybridized carbons (Fsp3) is 0.500. The van der Waals surface area contributed by atoms with Crippen molar-refractivity contribution in [2.24, 2.45) is 5.41 Å². The third kappa shape index (κ3) is 3.30. The fourth-order valence-corrected chi connectivity index (χ4v) is 1.90. The van der Waals surface area contributed by atoms with Gasteiger partial charge in [-0.05, 0) is 53.1 Å². The maximum absolute atomic E-state index is 11.9. The predicted molar refractivity (Wildman–Crippen MR) is 76.8 cm³/mol. The summed E-state index contributed by atoms with van der Waals surface area (Å²) in [6.45, 7) is 10.1. The third-order valence-corrected chi connectivity index (χ3v) is 4.40. The van der Waals surface area contributed by atoms with Crippen molar-refractivity contribution in [3.05, 3.63) is 32.4 Å². The summed E-state index contributed by atoms with van der Waals surface area (Å²) in [4.78, 5) is 11.9. The molecule has 0 amide bonds. The van der Waals surface area contributed by atoms with Gasteiger partial charge in [-0.3, -0.25) is 4.79 Å². The third-order valence-electron chi connectivity index (χ3n) is 2.70. The van der Waals surface area contributed by atoms with Crippen molar-refractivity contribution in [1.82, 2.24) is 0 Å². The molecule has 0 aromatic heterocycles. The number of benzene rings is 1. The zero-order valence-corrected chi connectivity index (χ0v) is 12.8. The van der Waals surface area contributed by atoms with Gasteiger partial charge in [-0.15, -0.1) is 0 Å². The highest BCUT2D eigenvalue weighted by Gasteiger charge is 2.21. The van der Waals surface area contributed by atoms with Crippen LogP contribution in [-0.4, -0.2) is 5.78 Å². The van der Waals surface area contributed by atoms with Crippen LogP contribution in [0.1, 0.15) is 37.5 Å². The van der Waals surface area contributed by atoms with Crippen LogP contribution in [0.2, 0.25) is 0 Å². The quantitative estimate of drug-likeness (QED) is 0.747. The molecule has 0 atom stereocenters. The topological polar surface area (TPSA) is 17.1 Å². The van der Waals surface area contributed by atoms with Gasteiger partial charge in [-0.2, -0.15) is 0 Å². The molecule has 0 heterocycles. The van der Waals surface area contributed by atoms with E-state index in [2.05, 4.69) is 48.6 Å². The highest BCUT2D eigenvalue weighted by Crippen LogP contribution is 2.22. The van der Waals surface area contributed by atoms with Crippen molar-refractivity contribution in [2.45, 2.75) is 41.0 Å². The van der Waals surface area contributed by atoms with Gasteiger partial charge >= 0.3 is 0 Å². The molecular formula is C14H19IO. The first-order valence-corrected chi connectivity index (χ1v) is 6.58. The number of Topliss-reactive ketones (excluding diaryl/α,β-unsaturated/α-hetero) is 1. The molecule has 1 nitrogen and oxygen atoms in total. The van der Waals surface area contributed by atoms with Gasteiger partial charge in [0.1, 0.15) is 5.78 Å². The Morgan fingerprint density at radius 3 is 2.00 bits per heavy atom. The van der Waals surface area contributed by atoms with Gasteiger partial charge in [0.05, 0.1) is 0 Å². The Kier molecular flexibility index (Phi) is 4.16. The van der Waals surface area contributed by atoms with E-state index in [1.165, 1.54) is 14.7 Å². The zero-order chi connectivity index (χ0) is 12.5. The maximum atomic E-state index is 11.9. The van der Waals surface area contributed by atoms with E-state index in [0.29, 0.717) is 12.2 Å². The summed E-state index contributed by atoms with van der Waals surface area (Å²) in [7, 11) is 0. The Balaban J connectivity index is 2.96. The fourth-order valence-electron chi connectivity index (χ4n) is 1.59. The number of hydrogen-bond acceptors (Lipinski definition) is 1. The molecule has 0 spiro atoms. The minimum atomic E-state index is -0.245. The second-order valence-corrected chi connectivity index (χ2v) is 6.47. The van der Waals surface area contributed by atoms with Crippen molar-refractivity contribution in [3.8, 4) is 0 Å². The molecule has 0 saturated carbocycles. The van der Waals surface area contributed by atoms with Crippen LogP contribution in [0.4, 0.5) is 0 Å². The summed E-state index contributed by atoms with van der Waals surface area (Å²) in [6.07, 6.45) is 0.544. The molecule has 2 heteroatoms. The van der Waals surface area contributed by atoms with Crippen LogP contribution in [0.3, 0.4) is 0 Å². The van der Waals surface area contributed by atoms with Crippen molar-refractivity contribution in [3.63, 3.8) is 0 Å². The highest BCUT2D eigenvalue weighted by molar-refractivity contribution is 14.1. The number of hydrogen-bond donors (Lipinski definition) is 0. The molecule has 1 aromatic carbocycles. The minimum Gasteiger partial charge on any atom is -0.299 e.